The van der Waals surface area contributed by atoms with E-state index in [9.17, 15) is 9.59 Å². The molecular formula is C16H11ClN2O3S. The normalized spacial score (nSPS) is 16.1. The molecule has 0 aliphatic carbocycles. The number of carboxylic acid groups (broad SMARTS) is 1. The molecule has 0 saturated carbocycles. The first-order chi connectivity index (χ1) is 11.0. The van der Waals surface area contributed by atoms with E-state index in [-0.39, 0.29) is 16.5 Å². The lowest BCUT2D eigenvalue weighted by atomic mass is 10.1. The van der Waals surface area contributed by atoms with Gasteiger partial charge in [-0.25, -0.2) is 4.79 Å². The quantitative estimate of drug-likeness (QED) is 0.857. The van der Waals surface area contributed by atoms with Crippen LogP contribution in [-0.2, 0) is 4.79 Å². The molecule has 1 N–H and O–H groups in total. The van der Waals surface area contributed by atoms with Crippen molar-refractivity contribution in [2.24, 2.45) is 5.10 Å². The Balaban J connectivity index is 1.98. The summed E-state index contributed by atoms with van der Waals surface area (Å²) in [5.74, 6) is -1.45. The molecule has 2 aromatic rings. The van der Waals surface area contributed by atoms with Crippen molar-refractivity contribution < 1.29 is 14.7 Å². The summed E-state index contributed by atoms with van der Waals surface area (Å²) in [5.41, 5.74) is 1.36. The number of carbonyl (C=O) groups excluding carboxylic acids is 1. The van der Waals surface area contributed by atoms with Crippen LogP contribution in [0.15, 0.2) is 46.4 Å². The summed E-state index contributed by atoms with van der Waals surface area (Å²) in [6.45, 7) is 1.74. The van der Waals surface area contributed by atoms with Gasteiger partial charge in [0.15, 0.2) is 0 Å². The van der Waals surface area contributed by atoms with Crippen LogP contribution in [-0.4, -0.2) is 22.7 Å². The van der Waals surface area contributed by atoms with Crippen LogP contribution in [0.2, 0.25) is 5.02 Å². The van der Waals surface area contributed by atoms with Crippen molar-refractivity contribution in [3.8, 4) is 0 Å². The zero-order valence-electron chi connectivity index (χ0n) is 12.0. The molecule has 1 aliphatic rings. The summed E-state index contributed by atoms with van der Waals surface area (Å²) in [4.78, 5) is 24.7. The second-order valence-electron chi connectivity index (χ2n) is 4.85. The summed E-state index contributed by atoms with van der Waals surface area (Å²) >= 11 is 7.38. The van der Waals surface area contributed by atoms with Crippen LogP contribution in [0.5, 0.6) is 0 Å². The number of nitrogens with zero attached hydrogens (tertiary/aromatic N) is 2. The van der Waals surface area contributed by atoms with E-state index in [2.05, 4.69) is 5.10 Å². The van der Waals surface area contributed by atoms with Gasteiger partial charge in [0, 0.05) is 4.88 Å². The molecule has 1 aromatic carbocycles. The van der Waals surface area contributed by atoms with E-state index in [1.807, 2.05) is 17.5 Å². The minimum absolute atomic E-state index is 0.0690. The van der Waals surface area contributed by atoms with Crippen molar-refractivity contribution in [3.05, 3.63) is 56.7 Å². The van der Waals surface area contributed by atoms with Gasteiger partial charge in [-0.2, -0.15) is 10.1 Å². The van der Waals surface area contributed by atoms with Crippen LogP contribution in [0.4, 0.5) is 5.69 Å². The topological polar surface area (TPSA) is 70.0 Å². The van der Waals surface area contributed by atoms with Crippen molar-refractivity contribution in [2.45, 2.75) is 6.92 Å². The Hall–Kier alpha value is -2.44. The number of amides is 1. The fourth-order valence-corrected chi connectivity index (χ4v) is 3.04. The highest BCUT2D eigenvalue weighted by Crippen LogP contribution is 2.29. The molecule has 1 amide bonds. The van der Waals surface area contributed by atoms with Gasteiger partial charge >= 0.3 is 5.97 Å². The van der Waals surface area contributed by atoms with E-state index in [4.69, 9.17) is 16.7 Å². The number of anilines is 1. The Morgan fingerprint density at radius 3 is 2.83 bits per heavy atom. The lowest BCUT2D eigenvalue weighted by Crippen LogP contribution is -2.21. The maximum Gasteiger partial charge on any atom is 0.337 e. The molecule has 23 heavy (non-hydrogen) atoms. The minimum atomic E-state index is -1.15. The first kappa shape index (κ1) is 15.5. The first-order valence-electron chi connectivity index (χ1n) is 6.65. The summed E-state index contributed by atoms with van der Waals surface area (Å²) in [6.07, 6.45) is 1.78. The van der Waals surface area contributed by atoms with E-state index in [0.29, 0.717) is 17.0 Å². The minimum Gasteiger partial charge on any atom is -0.478 e. The van der Waals surface area contributed by atoms with Crippen LogP contribution < -0.4 is 5.01 Å². The van der Waals surface area contributed by atoms with Crippen molar-refractivity contribution >= 4 is 52.3 Å². The molecular weight excluding hydrogens is 336 g/mol. The largest absolute Gasteiger partial charge is 0.478 e. The van der Waals surface area contributed by atoms with Crippen molar-refractivity contribution in [2.75, 3.05) is 5.01 Å². The van der Waals surface area contributed by atoms with Gasteiger partial charge in [0.05, 0.1) is 27.6 Å². The SMILES string of the molecule is CC1=NN(c2ccc(Cl)c(C(=O)O)c2)C(=O)/C1=C\c1cccs1. The Morgan fingerprint density at radius 2 is 2.17 bits per heavy atom. The molecule has 2 heterocycles. The molecule has 1 aromatic heterocycles. The molecule has 0 radical (unpaired) electrons. The third-order valence-electron chi connectivity index (χ3n) is 3.32. The van der Waals surface area contributed by atoms with Crippen LogP contribution >= 0.6 is 22.9 Å². The van der Waals surface area contributed by atoms with Gasteiger partial charge in [-0.1, -0.05) is 17.7 Å². The molecule has 0 bridgehead atoms. The third kappa shape index (κ3) is 2.91. The maximum absolute atomic E-state index is 12.6. The lowest BCUT2D eigenvalue weighted by Gasteiger charge is -2.12. The molecule has 0 atom stereocenters. The average Bonchev–Trinajstić information content (AvgIpc) is 3.11. The van der Waals surface area contributed by atoms with Gasteiger partial charge < -0.3 is 5.11 Å². The lowest BCUT2D eigenvalue weighted by molar-refractivity contribution is -0.114. The number of carboxylic acids is 1. The molecule has 7 heteroatoms. The Labute approximate surface area is 141 Å². The number of hydrazone groups is 1. The molecule has 3 rings (SSSR count). The molecule has 0 unspecified atom stereocenters. The monoisotopic (exact) mass is 346 g/mol. The number of rotatable bonds is 3. The Bertz CT molecular complexity index is 856. The van der Waals surface area contributed by atoms with Gasteiger partial charge in [-0.3, -0.25) is 4.79 Å². The van der Waals surface area contributed by atoms with E-state index >= 15 is 0 Å². The molecule has 116 valence electrons. The summed E-state index contributed by atoms with van der Waals surface area (Å²) in [5, 5.41) is 16.6. The second-order valence-corrected chi connectivity index (χ2v) is 6.23. The number of benzene rings is 1. The van der Waals surface area contributed by atoms with E-state index in [1.54, 1.807) is 19.1 Å². The third-order valence-corrected chi connectivity index (χ3v) is 4.47. The fraction of sp³-hybridized carbons (Fsp3) is 0.0625. The van der Waals surface area contributed by atoms with E-state index < -0.39 is 5.97 Å². The molecule has 1 aliphatic heterocycles. The maximum atomic E-state index is 12.6. The van der Waals surface area contributed by atoms with Gasteiger partial charge in [0.1, 0.15) is 0 Å². The summed E-state index contributed by atoms with van der Waals surface area (Å²) in [7, 11) is 0. The number of hydrogen-bond acceptors (Lipinski definition) is 4. The van der Waals surface area contributed by atoms with Crippen LogP contribution in [0.3, 0.4) is 0 Å². The summed E-state index contributed by atoms with van der Waals surface area (Å²) in [6, 6.07) is 8.16. The smallest absolute Gasteiger partial charge is 0.337 e. The highest BCUT2D eigenvalue weighted by molar-refractivity contribution is 7.10. The van der Waals surface area contributed by atoms with Crippen molar-refractivity contribution in [3.63, 3.8) is 0 Å². The predicted octanol–water partition coefficient (Wildman–Crippen LogP) is 3.91. The first-order valence-corrected chi connectivity index (χ1v) is 7.91. The number of thiophene rings is 1. The number of carbonyl (C=O) groups is 2. The summed E-state index contributed by atoms with van der Waals surface area (Å²) < 4.78 is 0. The predicted molar refractivity (Wildman–Crippen MR) is 91.3 cm³/mol. The van der Waals surface area contributed by atoms with Gasteiger partial charge in [0.2, 0.25) is 0 Å². The van der Waals surface area contributed by atoms with Crippen LogP contribution in [0.1, 0.15) is 22.2 Å². The number of halogens is 1. The zero-order chi connectivity index (χ0) is 16.6. The van der Waals surface area contributed by atoms with Crippen LogP contribution in [0.25, 0.3) is 6.08 Å². The highest BCUT2D eigenvalue weighted by Gasteiger charge is 2.29. The molecule has 0 spiro atoms. The van der Waals surface area contributed by atoms with Crippen molar-refractivity contribution in [1.82, 2.24) is 0 Å². The van der Waals surface area contributed by atoms with E-state index in [0.717, 1.165) is 4.88 Å². The van der Waals surface area contributed by atoms with E-state index in [1.165, 1.54) is 28.5 Å². The molecule has 0 saturated heterocycles. The van der Waals surface area contributed by atoms with Gasteiger partial charge in [-0.05, 0) is 42.6 Å². The highest BCUT2D eigenvalue weighted by atomic mass is 35.5. The zero-order valence-corrected chi connectivity index (χ0v) is 13.6. The molecule has 0 fully saturated rings. The average molecular weight is 347 g/mol. The van der Waals surface area contributed by atoms with Gasteiger partial charge in [-0.15, -0.1) is 11.3 Å². The van der Waals surface area contributed by atoms with Crippen LogP contribution in [0, 0.1) is 0 Å². The fourth-order valence-electron chi connectivity index (χ4n) is 2.18. The number of hydrogen-bond donors (Lipinski definition) is 1. The molecule has 5 nitrogen and oxygen atoms in total. The van der Waals surface area contributed by atoms with Crippen molar-refractivity contribution in [1.29, 1.82) is 0 Å². The Kier molecular flexibility index (Phi) is 4.02. The Morgan fingerprint density at radius 1 is 1.39 bits per heavy atom. The second kappa shape index (κ2) is 5.98. The van der Waals surface area contributed by atoms with Gasteiger partial charge in [0.25, 0.3) is 5.91 Å². The number of aromatic carboxylic acids is 1. The standard InChI is InChI=1S/C16H11ClN2O3S/c1-9-12(8-11-3-2-6-23-11)15(20)19(18-9)10-4-5-14(17)13(7-10)16(21)22/h2-8H,1H3,(H,21,22)/b12-8-.